The van der Waals surface area contributed by atoms with Gasteiger partial charge in [-0.15, -0.1) is 0 Å². The van der Waals surface area contributed by atoms with Crippen LogP contribution < -0.4 is 10.2 Å². The number of aromatic carboxylic acids is 1. The van der Waals surface area contributed by atoms with Gasteiger partial charge >= 0.3 is 5.97 Å². The van der Waals surface area contributed by atoms with Crippen molar-refractivity contribution in [3.63, 3.8) is 0 Å². The summed E-state index contributed by atoms with van der Waals surface area (Å²) < 4.78 is 13.3. The molecule has 9 heteroatoms. The molecule has 3 aromatic rings. The summed E-state index contributed by atoms with van der Waals surface area (Å²) in [6, 6.07) is 20.9. The van der Waals surface area contributed by atoms with Crippen molar-refractivity contribution in [1.29, 1.82) is 0 Å². The van der Waals surface area contributed by atoms with Gasteiger partial charge in [-0.05, 0) is 54.1 Å². The first-order valence-electron chi connectivity index (χ1n) is 10.4. The molecule has 1 saturated heterocycles. The van der Waals surface area contributed by atoms with Crippen molar-refractivity contribution in [2.75, 3.05) is 10.2 Å². The average molecular weight is 478 g/mol. The molecule has 7 nitrogen and oxygen atoms in total. The summed E-state index contributed by atoms with van der Waals surface area (Å²) in [6.45, 7) is 0.354. The fourth-order valence-electron chi connectivity index (χ4n) is 3.36. The van der Waals surface area contributed by atoms with E-state index in [1.165, 1.54) is 36.4 Å². The number of amides is 2. The van der Waals surface area contributed by atoms with Gasteiger partial charge in [0.05, 0.1) is 17.8 Å². The minimum atomic E-state index is -1.09. The van der Waals surface area contributed by atoms with E-state index < -0.39 is 17.1 Å². The van der Waals surface area contributed by atoms with Gasteiger partial charge in [0.2, 0.25) is 11.8 Å². The first kappa shape index (κ1) is 23.2. The molecule has 2 amide bonds. The van der Waals surface area contributed by atoms with Crippen LogP contribution in [0.5, 0.6) is 0 Å². The Morgan fingerprint density at radius 2 is 1.71 bits per heavy atom. The third kappa shape index (κ3) is 5.49. The smallest absolute Gasteiger partial charge is 0.335 e. The number of carboxylic acids is 1. The number of rotatable bonds is 6. The Morgan fingerprint density at radius 1 is 1.03 bits per heavy atom. The standard InChI is InChI=1S/C25H20FN3O4S/c26-18-8-10-19(11-9-18)28-25(27-15-16-4-2-1-3-5-16)34-21-14-22(30)29(23(21)31)20-12-6-17(7-13-20)24(32)33/h1-13,21H,14-15H2,(H,27,28)(H,32,33)/t21-/m1/s1. The van der Waals surface area contributed by atoms with E-state index in [0.717, 1.165) is 22.2 Å². The number of nitrogens with one attached hydrogen (secondary N) is 1. The van der Waals surface area contributed by atoms with Crippen LogP contribution in [0.3, 0.4) is 0 Å². The maximum absolute atomic E-state index is 13.3. The lowest BCUT2D eigenvalue weighted by Crippen LogP contribution is -2.31. The van der Waals surface area contributed by atoms with E-state index in [-0.39, 0.29) is 23.7 Å². The van der Waals surface area contributed by atoms with Crippen LogP contribution in [0.25, 0.3) is 0 Å². The van der Waals surface area contributed by atoms with Crippen LogP contribution in [0.4, 0.5) is 15.8 Å². The molecule has 2 N–H and O–H groups in total. The molecule has 0 aliphatic carbocycles. The molecule has 0 bridgehead atoms. The molecule has 1 aliphatic rings. The number of imide groups is 1. The molecule has 34 heavy (non-hydrogen) atoms. The summed E-state index contributed by atoms with van der Waals surface area (Å²) in [5.74, 6) is -2.26. The summed E-state index contributed by atoms with van der Waals surface area (Å²) in [5, 5.41) is 11.9. The summed E-state index contributed by atoms with van der Waals surface area (Å²) in [5.41, 5.74) is 1.94. The molecule has 3 aromatic carbocycles. The van der Waals surface area contributed by atoms with Crippen LogP contribution >= 0.6 is 11.8 Å². The molecule has 0 unspecified atom stereocenters. The molecule has 1 atom stereocenters. The third-order valence-electron chi connectivity index (χ3n) is 5.08. The van der Waals surface area contributed by atoms with E-state index in [2.05, 4.69) is 10.3 Å². The van der Waals surface area contributed by atoms with E-state index in [4.69, 9.17) is 5.11 Å². The number of halogens is 1. The van der Waals surface area contributed by atoms with Gasteiger partial charge in [-0.2, -0.15) is 0 Å². The normalized spacial score (nSPS) is 16.1. The molecule has 1 aliphatic heterocycles. The van der Waals surface area contributed by atoms with Gasteiger partial charge in [-0.3, -0.25) is 14.6 Å². The zero-order chi connectivity index (χ0) is 24.1. The fraction of sp³-hybridized carbons (Fsp3) is 0.120. The topological polar surface area (TPSA) is 99.1 Å². The van der Waals surface area contributed by atoms with Gasteiger partial charge < -0.3 is 10.4 Å². The second-order valence-corrected chi connectivity index (χ2v) is 8.66. The SMILES string of the molecule is O=C(O)c1ccc(N2C(=O)C[C@@H](SC(=NCc3ccccc3)Nc3ccc(F)cc3)C2=O)cc1. The van der Waals surface area contributed by atoms with E-state index in [1.54, 1.807) is 12.1 Å². The summed E-state index contributed by atoms with van der Waals surface area (Å²) >= 11 is 1.13. The van der Waals surface area contributed by atoms with Crippen molar-refractivity contribution in [3.8, 4) is 0 Å². The van der Waals surface area contributed by atoms with Crippen molar-refractivity contribution in [2.24, 2.45) is 4.99 Å². The maximum Gasteiger partial charge on any atom is 0.335 e. The van der Waals surface area contributed by atoms with Gasteiger partial charge in [0, 0.05) is 12.1 Å². The molecule has 1 heterocycles. The molecular weight excluding hydrogens is 457 g/mol. The number of benzene rings is 3. The highest BCUT2D eigenvalue weighted by molar-refractivity contribution is 8.15. The van der Waals surface area contributed by atoms with Crippen LogP contribution in [-0.2, 0) is 16.1 Å². The second-order valence-electron chi connectivity index (χ2n) is 7.47. The maximum atomic E-state index is 13.3. The molecule has 1 fully saturated rings. The zero-order valence-corrected chi connectivity index (χ0v) is 18.7. The zero-order valence-electron chi connectivity index (χ0n) is 17.8. The van der Waals surface area contributed by atoms with Crippen LogP contribution in [0.15, 0.2) is 83.9 Å². The third-order valence-corrected chi connectivity index (χ3v) is 6.18. The van der Waals surface area contributed by atoms with Crippen molar-refractivity contribution < 1.29 is 23.9 Å². The summed E-state index contributed by atoms with van der Waals surface area (Å²) in [7, 11) is 0. The minimum absolute atomic E-state index is 0.0281. The highest BCUT2D eigenvalue weighted by atomic mass is 32.2. The van der Waals surface area contributed by atoms with Crippen LogP contribution in [0.2, 0.25) is 0 Å². The Morgan fingerprint density at radius 3 is 2.35 bits per heavy atom. The largest absolute Gasteiger partial charge is 0.478 e. The predicted octanol–water partition coefficient (Wildman–Crippen LogP) is 4.56. The molecule has 0 radical (unpaired) electrons. The number of anilines is 2. The minimum Gasteiger partial charge on any atom is -0.478 e. The Balaban J connectivity index is 1.53. The van der Waals surface area contributed by atoms with Crippen LogP contribution in [0.1, 0.15) is 22.3 Å². The lowest BCUT2D eigenvalue weighted by molar-refractivity contribution is -0.121. The van der Waals surface area contributed by atoms with Crippen molar-refractivity contribution >= 4 is 46.1 Å². The highest BCUT2D eigenvalue weighted by Gasteiger charge is 2.40. The number of hydrogen-bond acceptors (Lipinski definition) is 5. The fourth-order valence-corrected chi connectivity index (χ4v) is 4.38. The van der Waals surface area contributed by atoms with Gasteiger partial charge in [-0.1, -0.05) is 42.1 Å². The molecule has 0 aromatic heterocycles. The van der Waals surface area contributed by atoms with Gasteiger partial charge in [0.1, 0.15) is 11.1 Å². The van der Waals surface area contributed by atoms with Gasteiger partial charge in [0.25, 0.3) is 0 Å². The van der Waals surface area contributed by atoms with E-state index in [1.807, 2.05) is 30.3 Å². The van der Waals surface area contributed by atoms with Crippen molar-refractivity contribution in [1.82, 2.24) is 0 Å². The monoisotopic (exact) mass is 477 g/mol. The van der Waals surface area contributed by atoms with Crippen LogP contribution in [0, 0.1) is 5.82 Å². The number of hydrogen-bond donors (Lipinski definition) is 2. The Bertz CT molecular complexity index is 1230. The Hall–Kier alpha value is -3.98. The van der Waals surface area contributed by atoms with Crippen molar-refractivity contribution in [3.05, 3.63) is 95.8 Å². The first-order valence-corrected chi connectivity index (χ1v) is 11.3. The Labute approximate surface area is 199 Å². The predicted molar refractivity (Wildman–Crippen MR) is 129 cm³/mol. The second kappa shape index (κ2) is 10.3. The first-order chi connectivity index (χ1) is 16.4. The Kier molecular flexibility index (Phi) is 7.03. The van der Waals surface area contributed by atoms with E-state index in [9.17, 15) is 18.8 Å². The summed E-state index contributed by atoms with van der Waals surface area (Å²) in [6.07, 6.45) is -0.0281. The number of aliphatic imine (C=N–C) groups is 1. The average Bonchev–Trinajstić information content (AvgIpc) is 3.12. The lowest BCUT2D eigenvalue weighted by atomic mass is 10.2. The van der Waals surface area contributed by atoms with Gasteiger partial charge in [-0.25, -0.2) is 14.1 Å². The van der Waals surface area contributed by atoms with Crippen LogP contribution in [-0.4, -0.2) is 33.3 Å². The molecular formula is C25H20FN3O4S. The number of carboxylic acid groups (broad SMARTS) is 1. The highest BCUT2D eigenvalue weighted by Crippen LogP contribution is 2.31. The number of amidine groups is 1. The molecule has 4 rings (SSSR count). The van der Waals surface area contributed by atoms with Crippen molar-refractivity contribution in [2.45, 2.75) is 18.2 Å². The van der Waals surface area contributed by atoms with E-state index >= 15 is 0 Å². The lowest BCUT2D eigenvalue weighted by Gasteiger charge is -2.16. The van der Waals surface area contributed by atoms with Gasteiger partial charge in [0.15, 0.2) is 5.17 Å². The number of nitrogens with zero attached hydrogens (tertiary/aromatic N) is 2. The molecule has 0 spiro atoms. The van der Waals surface area contributed by atoms with E-state index in [0.29, 0.717) is 23.1 Å². The molecule has 0 saturated carbocycles. The molecule has 172 valence electrons. The number of thioether (sulfide) groups is 1. The quantitative estimate of drug-likeness (QED) is 0.307. The number of carbonyl (C=O) groups excluding carboxylic acids is 2. The summed E-state index contributed by atoms with van der Waals surface area (Å²) in [4.78, 5) is 42.5. The number of carbonyl (C=O) groups is 3.